The maximum absolute atomic E-state index is 11.2. The average molecular weight is 267 g/mol. The van der Waals surface area contributed by atoms with Crippen LogP contribution in [0.3, 0.4) is 0 Å². The molecule has 4 nitrogen and oxygen atoms in total. The summed E-state index contributed by atoms with van der Waals surface area (Å²) in [5, 5.41) is 4.48. The fourth-order valence-electron chi connectivity index (χ4n) is 1.86. The molecule has 0 aromatic heterocycles. The summed E-state index contributed by atoms with van der Waals surface area (Å²) in [6, 6.07) is 7.70. The first kappa shape index (κ1) is 13.1. The first-order valence-corrected chi connectivity index (χ1v) is 7.67. The van der Waals surface area contributed by atoms with E-state index in [0.717, 1.165) is 11.3 Å². The number of hydrogen-bond acceptors (Lipinski definition) is 4. The molecule has 2 rings (SSSR count). The minimum absolute atomic E-state index is 0.0919. The Morgan fingerprint density at radius 1 is 1.44 bits per heavy atom. The third kappa shape index (κ3) is 3.58. The number of nitrogens with one attached hydrogen (secondary N) is 1. The monoisotopic (exact) mass is 267 g/mol. The van der Waals surface area contributed by atoms with Gasteiger partial charge in [0.15, 0.2) is 9.84 Å². The third-order valence-corrected chi connectivity index (χ3v) is 4.10. The van der Waals surface area contributed by atoms with Crippen molar-refractivity contribution in [2.24, 2.45) is 0 Å². The Morgan fingerprint density at radius 2 is 2.28 bits per heavy atom. The van der Waals surface area contributed by atoms with Gasteiger partial charge in [-0.3, -0.25) is 0 Å². The molecule has 0 aliphatic carbocycles. The van der Waals surface area contributed by atoms with Crippen LogP contribution in [0, 0.1) is 0 Å². The normalized spacial score (nSPS) is 21.1. The Balaban J connectivity index is 1.91. The number of ether oxygens (including phenoxy) is 1. The van der Waals surface area contributed by atoms with Crippen LogP contribution in [0.15, 0.2) is 35.7 Å². The van der Waals surface area contributed by atoms with E-state index in [0.29, 0.717) is 13.2 Å². The predicted molar refractivity (Wildman–Crippen MR) is 71.2 cm³/mol. The molecule has 0 radical (unpaired) electrons. The lowest BCUT2D eigenvalue weighted by Gasteiger charge is -2.11. The van der Waals surface area contributed by atoms with Gasteiger partial charge in [-0.25, -0.2) is 8.42 Å². The molecular weight excluding hydrogens is 250 g/mol. The highest BCUT2D eigenvalue weighted by atomic mass is 32.2. The lowest BCUT2D eigenvalue weighted by molar-refractivity contribution is 0.340. The Morgan fingerprint density at radius 3 is 2.94 bits per heavy atom. The highest BCUT2D eigenvalue weighted by Crippen LogP contribution is 2.14. The van der Waals surface area contributed by atoms with Gasteiger partial charge in [0.2, 0.25) is 0 Å². The predicted octanol–water partition coefficient (Wildman–Crippen LogP) is 1.49. The van der Waals surface area contributed by atoms with E-state index in [1.54, 1.807) is 6.08 Å². The molecule has 0 spiro atoms. The number of rotatable bonds is 5. The zero-order chi connectivity index (χ0) is 13.0. The van der Waals surface area contributed by atoms with Gasteiger partial charge in [0.05, 0.1) is 12.4 Å². The minimum Gasteiger partial charge on any atom is -0.494 e. The Hall–Kier alpha value is -1.33. The first-order valence-electron chi connectivity index (χ1n) is 5.95. The van der Waals surface area contributed by atoms with Crippen LogP contribution in [0.1, 0.15) is 12.5 Å². The molecule has 1 aromatic carbocycles. The van der Waals surface area contributed by atoms with Crippen molar-refractivity contribution in [3.63, 3.8) is 0 Å². The lowest BCUT2D eigenvalue weighted by atomic mass is 10.2. The summed E-state index contributed by atoms with van der Waals surface area (Å²) >= 11 is 0. The van der Waals surface area contributed by atoms with E-state index in [9.17, 15) is 8.42 Å². The van der Waals surface area contributed by atoms with Gasteiger partial charge in [0.25, 0.3) is 0 Å². The Kier molecular flexibility index (Phi) is 4.04. The van der Waals surface area contributed by atoms with Crippen molar-refractivity contribution in [3.8, 4) is 5.75 Å². The number of hydrogen-bond donors (Lipinski definition) is 1. The van der Waals surface area contributed by atoms with Gasteiger partial charge < -0.3 is 10.1 Å². The summed E-state index contributed by atoms with van der Waals surface area (Å²) in [6.45, 7) is 3.21. The van der Waals surface area contributed by atoms with Crippen LogP contribution < -0.4 is 10.1 Å². The minimum atomic E-state index is -2.98. The summed E-state index contributed by atoms with van der Waals surface area (Å²) in [4.78, 5) is 0. The molecule has 0 amide bonds. The van der Waals surface area contributed by atoms with E-state index in [2.05, 4.69) is 5.32 Å². The van der Waals surface area contributed by atoms with Gasteiger partial charge in [-0.15, -0.1) is 0 Å². The maximum atomic E-state index is 11.2. The van der Waals surface area contributed by atoms with E-state index < -0.39 is 9.84 Å². The van der Waals surface area contributed by atoms with Gasteiger partial charge in [-0.2, -0.15) is 0 Å². The summed E-state index contributed by atoms with van der Waals surface area (Å²) in [7, 11) is -2.98. The molecule has 0 bridgehead atoms. The van der Waals surface area contributed by atoms with Crippen LogP contribution in [0.2, 0.25) is 0 Å². The number of benzene rings is 1. The largest absolute Gasteiger partial charge is 0.494 e. The molecule has 0 saturated carbocycles. The van der Waals surface area contributed by atoms with Gasteiger partial charge in [0.1, 0.15) is 5.75 Å². The zero-order valence-electron chi connectivity index (χ0n) is 10.3. The fourth-order valence-corrected chi connectivity index (χ4v) is 3.13. The van der Waals surface area contributed by atoms with Gasteiger partial charge >= 0.3 is 0 Å². The van der Waals surface area contributed by atoms with Crippen molar-refractivity contribution in [1.82, 2.24) is 5.32 Å². The van der Waals surface area contributed by atoms with E-state index >= 15 is 0 Å². The summed E-state index contributed by atoms with van der Waals surface area (Å²) < 4.78 is 27.9. The summed E-state index contributed by atoms with van der Waals surface area (Å²) in [6.07, 6.45) is 1.70. The molecular formula is C13H17NO3S. The zero-order valence-corrected chi connectivity index (χ0v) is 11.1. The molecule has 1 aromatic rings. The third-order valence-electron chi connectivity index (χ3n) is 2.71. The van der Waals surface area contributed by atoms with Crippen molar-refractivity contribution >= 4 is 9.84 Å². The van der Waals surface area contributed by atoms with E-state index in [1.165, 1.54) is 5.41 Å². The van der Waals surface area contributed by atoms with Crippen molar-refractivity contribution in [1.29, 1.82) is 0 Å². The summed E-state index contributed by atoms with van der Waals surface area (Å²) in [5.74, 6) is 0.990. The highest BCUT2D eigenvalue weighted by molar-refractivity contribution is 7.94. The van der Waals surface area contributed by atoms with Crippen molar-refractivity contribution < 1.29 is 13.2 Å². The second-order valence-electron chi connectivity index (χ2n) is 4.23. The molecule has 1 atom stereocenters. The van der Waals surface area contributed by atoms with E-state index in [1.807, 2.05) is 31.2 Å². The number of sulfone groups is 1. The fraction of sp³-hybridized carbons (Fsp3) is 0.385. The first-order chi connectivity index (χ1) is 8.59. The van der Waals surface area contributed by atoms with Crippen LogP contribution in [-0.2, 0) is 16.4 Å². The smallest absolute Gasteiger partial charge is 0.173 e. The van der Waals surface area contributed by atoms with Gasteiger partial charge in [-0.05, 0) is 24.6 Å². The van der Waals surface area contributed by atoms with Gasteiger partial charge in [-0.1, -0.05) is 18.2 Å². The second kappa shape index (κ2) is 5.54. The van der Waals surface area contributed by atoms with Crippen molar-refractivity contribution in [2.45, 2.75) is 19.5 Å². The average Bonchev–Trinajstić information content (AvgIpc) is 2.68. The molecule has 1 unspecified atom stereocenters. The SMILES string of the molecule is CCOc1cccc(CNC2C=CS(=O)(=O)C2)c1. The van der Waals surface area contributed by atoms with Crippen LogP contribution >= 0.6 is 0 Å². The van der Waals surface area contributed by atoms with Crippen LogP contribution in [0.4, 0.5) is 0 Å². The van der Waals surface area contributed by atoms with E-state index in [4.69, 9.17) is 4.74 Å². The molecule has 98 valence electrons. The Bertz CT molecular complexity index is 537. The topological polar surface area (TPSA) is 55.4 Å². The molecule has 5 heteroatoms. The van der Waals surface area contributed by atoms with Crippen molar-refractivity contribution in [2.75, 3.05) is 12.4 Å². The molecule has 1 aliphatic rings. The molecule has 0 fully saturated rings. The van der Waals surface area contributed by atoms with Crippen LogP contribution in [0.5, 0.6) is 5.75 Å². The van der Waals surface area contributed by atoms with Crippen molar-refractivity contribution in [3.05, 3.63) is 41.3 Å². The van der Waals surface area contributed by atoms with Crippen LogP contribution in [0.25, 0.3) is 0 Å². The summed E-state index contributed by atoms with van der Waals surface area (Å²) in [5.41, 5.74) is 1.08. The molecule has 18 heavy (non-hydrogen) atoms. The second-order valence-corrected chi connectivity index (χ2v) is 6.16. The lowest BCUT2D eigenvalue weighted by Crippen LogP contribution is -2.29. The van der Waals surface area contributed by atoms with Gasteiger partial charge in [0, 0.05) is 18.0 Å². The molecule has 1 N–H and O–H groups in total. The molecule has 1 aliphatic heterocycles. The maximum Gasteiger partial charge on any atom is 0.173 e. The standard InChI is InChI=1S/C13H17NO3S/c1-2-17-13-5-3-4-11(8-13)9-14-12-6-7-18(15,16)10-12/h3-8,12,14H,2,9-10H2,1H3. The van der Waals surface area contributed by atoms with E-state index in [-0.39, 0.29) is 11.8 Å². The molecule has 0 saturated heterocycles. The molecule has 1 heterocycles. The highest BCUT2D eigenvalue weighted by Gasteiger charge is 2.20. The quantitative estimate of drug-likeness (QED) is 0.878. The Labute approximate surface area is 108 Å². The van der Waals surface area contributed by atoms with Crippen LogP contribution in [-0.4, -0.2) is 26.8 Å².